The molecule has 1 amide bonds. The van der Waals surface area contributed by atoms with Crippen molar-refractivity contribution in [2.24, 2.45) is 0 Å². The van der Waals surface area contributed by atoms with Gasteiger partial charge in [0.2, 0.25) is 0 Å². The van der Waals surface area contributed by atoms with E-state index in [1.807, 2.05) is 0 Å². The second-order valence-electron chi connectivity index (χ2n) is 7.70. The minimum absolute atomic E-state index is 0.0388. The van der Waals surface area contributed by atoms with Crippen LogP contribution in [0.5, 0.6) is 11.5 Å². The highest BCUT2D eigenvalue weighted by molar-refractivity contribution is 6.31. The van der Waals surface area contributed by atoms with Crippen LogP contribution in [0.2, 0.25) is 5.02 Å². The highest BCUT2D eigenvalue weighted by Crippen LogP contribution is 2.37. The highest BCUT2D eigenvalue weighted by atomic mass is 35.5. The number of halogens is 4. The number of hydrogen-bond acceptors (Lipinski definition) is 7. The van der Waals surface area contributed by atoms with E-state index in [0.29, 0.717) is 48.3 Å². The number of aromatic nitrogens is 2. The molecule has 2 heterocycles. The molecule has 0 unspecified atom stereocenters. The zero-order valence-electron chi connectivity index (χ0n) is 18.7. The van der Waals surface area contributed by atoms with E-state index in [1.165, 1.54) is 19.5 Å². The number of carbonyl (C=O) groups excluding carboxylic acids is 1. The first-order chi connectivity index (χ1) is 16.9. The summed E-state index contributed by atoms with van der Waals surface area (Å²) in [7, 11) is 1.51. The Morgan fingerprint density at radius 1 is 1.20 bits per heavy atom. The van der Waals surface area contributed by atoms with E-state index in [2.05, 4.69) is 15.3 Å². The number of benzene rings is 2. The van der Waals surface area contributed by atoms with Crippen molar-refractivity contribution in [2.45, 2.75) is 18.9 Å². The van der Waals surface area contributed by atoms with Crippen LogP contribution in [0.1, 0.15) is 12.8 Å². The minimum Gasteiger partial charge on any atom is -0.493 e. The maximum atomic E-state index is 14.4. The fraction of sp³-hybridized carbons (Fsp3) is 0.348. The van der Waals surface area contributed by atoms with E-state index in [9.17, 15) is 13.6 Å². The summed E-state index contributed by atoms with van der Waals surface area (Å²) in [5.74, 6) is -0.364. The molecule has 1 fully saturated rings. The number of amides is 1. The molecule has 186 valence electrons. The van der Waals surface area contributed by atoms with Crippen molar-refractivity contribution in [1.82, 2.24) is 14.9 Å². The number of nitrogens with one attached hydrogen (secondary N) is 1. The molecule has 0 bridgehead atoms. The molecule has 0 atom stereocenters. The van der Waals surface area contributed by atoms with Crippen LogP contribution < -0.4 is 14.8 Å². The van der Waals surface area contributed by atoms with Crippen molar-refractivity contribution in [3.05, 3.63) is 47.2 Å². The fourth-order valence-corrected chi connectivity index (χ4v) is 3.96. The summed E-state index contributed by atoms with van der Waals surface area (Å²) in [5, 5.41) is 2.76. The number of likely N-dealkylation sites (tertiary alicyclic amines) is 1. The highest BCUT2D eigenvalue weighted by Gasteiger charge is 2.26. The summed E-state index contributed by atoms with van der Waals surface area (Å²) in [6.45, 7) is 1.11. The van der Waals surface area contributed by atoms with Gasteiger partial charge in [-0.25, -0.2) is 23.5 Å². The summed E-state index contributed by atoms with van der Waals surface area (Å²) in [6.07, 6.45) is 1.92. The molecule has 0 spiro atoms. The SMILES string of the molecule is COc1cc2ncnc(Nc3ccc(F)c(Cl)c3F)c2cc1OC1CCN(C(=O)OCCCl)CC1. The van der Waals surface area contributed by atoms with Gasteiger partial charge in [-0.05, 0) is 18.2 Å². The second-order valence-corrected chi connectivity index (χ2v) is 8.45. The quantitative estimate of drug-likeness (QED) is 0.319. The molecular weight excluding hydrogens is 505 g/mol. The fourth-order valence-electron chi connectivity index (χ4n) is 3.72. The summed E-state index contributed by atoms with van der Waals surface area (Å²) in [6, 6.07) is 5.68. The van der Waals surface area contributed by atoms with Gasteiger partial charge in [-0.2, -0.15) is 0 Å². The van der Waals surface area contributed by atoms with Gasteiger partial charge >= 0.3 is 6.09 Å². The zero-order valence-corrected chi connectivity index (χ0v) is 20.2. The van der Waals surface area contributed by atoms with E-state index in [0.717, 1.165) is 6.07 Å². The van der Waals surface area contributed by atoms with E-state index in [4.69, 9.17) is 37.4 Å². The largest absolute Gasteiger partial charge is 0.493 e. The molecule has 35 heavy (non-hydrogen) atoms. The summed E-state index contributed by atoms with van der Waals surface area (Å²) in [4.78, 5) is 22.1. The van der Waals surface area contributed by atoms with Crippen molar-refractivity contribution in [2.75, 3.05) is 38.0 Å². The Morgan fingerprint density at radius 2 is 1.97 bits per heavy atom. The lowest BCUT2D eigenvalue weighted by atomic mass is 10.1. The molecule has 3 aromatic rings. The molecule has 2 aromatic carbocycles. The predicted octanol–water partition coefficient (Wildman–Crippen LogP) is 5.53. The standard InChI is InChI=1S/C23H22Cl2F2N4O4/c1-33-18-11-17-14(22(29-12-28-17)30-16-3-2-15(26)20(25)21(16)27)10-19(18)35-13-4-7-31(8-5-13)23(32)34-9-6-24/h2-3,10-13H,4-9H2,1H3,(H,28,29,30). The topological polar surface area (TPSA) is 85.8 Å². The molecule has 4 rings (SSSR count). The van der Waals surface area contributed by atoms with Gasteiger partial charge in [-0.1, -0.05) is 11.6 Å². The van der Waals surface area contributed by atoms with Gasteiger partial charge in [0.1, 0.15) is 35.7 Å². The van der Waals surface area contributed by atoms with Gasteiger partial charge in [0.15, 0.2) is 17.3 Å². The van der Waals surface area contributed by atoms with E-state index >= 15 is 0 Å². The average Bonchev–Trinajstić information content (AvgIpc) is 2.88. The Bertz CT molecular complexity index is 1230. The number of fused-ring (bicyclic) bond motifs is 1. The third-order valence-electron chi connectivity index (χ3n) is 5.51. The van der Waals surface area contributed by atoms with Crippen molar-refractivity contribution in [3.63, 3.8) is 0 Å². The lowest BCUT2D eigenvalue weighted by Gasteiger charge is -2.31. The van der Waals surface area contributed by atoms with Crippen LogP contribution in [0.25, 0.3) is 10.9 Å². The number of piperidine rings is 1. The number of ether oxygens (including phenoxy) is 3. The predicted molar refractivity (Wildman–Crippen MR) is 128 cm³/mol. The Morgan fingerprint density at radius 3 is 2.69 bits per heavy atom. The molecule has 0 radical (unpaired) electrons. The number of nitrogens with zero attached hydrogens (tertiary/aromatic N) is 3. The molecule has 0 saturated carbocycles. The molecule has 1 saturated heterocycles. The first-order valence-electron chi connectivity index (χ1n) is 10.8. The number of methoxy groups -OCH3 is 1. The van der Waals surface area contributed by atoms with Gasteiger partial charge in [-0.3, -0.25) is 0 Å². The molecule has 1 N–H and O–H groups in total. The third kappa shape index (κ3) is 5.59. The Kier molecular flexibility index (Phi) is 7.92. The second kappa shape index (κ2) is 11.1. The van der Waals surface area contributed by atoms with Gasteiger partial charge in [0.25, 0.3) is 0 Å². The summed E-state index contributed by atoms with van der Waals surface area (Å²) in [5.41, 5.74) is 0.486. The first kappa shape index (κ1) is 25.0. The van der Waals surface area contributed by atoms with Crippen LogP contribution in [0, 0.1) is 11.6 Å². The molecule has 12 heteroatoms. The first-order valence-corrected chi connectivity index (χ1v) is 11.7. The number of anilines is 2. The van der Waals surface area contributed by atoms with Crippen LogP contribution >= 0.6 is 23.2 Å². The van der Waals surface area contributed by atoms with E-state index < -0.39 is 22.8 Å². The smallest absolute Gasteiger partial charge is 0.409 e. The lowest BCUT2D eigenvalue weighted by molar-refractivity contribution is 0.0697. The molecule has 1 aromatic heterocycles. The molecule has 8 nitrogen and oxygen atoms in total. The third-order valence-corrected chi connectivity index (χ3v) is 6.01. The minimum atomic E-state index is -0.931. The normalized spacial score (nSPS) is 14.1. The van der Waals surface area contributed by atoms with Gasteiger partial charge in [-0.15, -0.1) is 11.6 Å². The molecule has 0 aliphatic carbocycles. The molecule has 1 aliphatic heterocycles. The van der Waals surface area contributed by atoms with Crippen molar-refractivity contribution >= 4 is 51.7 Å². The van der Waals surface area contributed by atoms with Crippen molar-refractivity contribution < 1.29 is 27.8 Å². The Hall–Kier alpha value is -3.11. The maximum absolute atomic E-state index is 14.4. The number of hydrogen-bond donors (Lipinski definition) is 1. The van der Waals surface area contributed by atoms with E-state index in [-0.39, 0.29) is 30.1 Å². The zero-order chi connectivity index (χ0) is 24.9. The van der Waals surface area contributed by atoms with Gasteiger partial charge < -0.3 is 24.4 Å². The Balaban J connectivity index is 1.55. The monoisotopic (exact) mass is 526 g/mol. The summed E-state index contributed by atoms with van der Waals surface area (Å²) >= 11 is 11.3. The molecule has 1 aliphatic rings. The van der Waals surface area contributed by atoms with Crippen LogP contribution in [0.15, 0.2) is 30.6 Å². The van der Waals surface area contributed by atoms with Crippen molar-refractivity contribution in [1.29, 1.82) is 0 Å². The van der Waals surface area contributed by atoms with Gasteiger partial charge in [0.05, 0.1) is 24.2 Å². The van der Waals surface area contributed by atoms with Crippen LogP contribution in [0.3, 0.4) is 0 Å². The van der Waals surface area contributed by atoms with Crippen LogP contribution in [0.4, 0.5) is 25.1 Å². The Labute approximate surface area is 210 Å². The van der Waals surface area contributed by atoms with Crippen LogP contribution in [-0.4, -0.2) is 59.8 Å². The average molecular weight is 527 g/mol. The number of carbonyl (C=O) groups is 1. The van der Waals surface area contributed by atoms with Crippen molar-refractivity contribution in [3.8, 4) is 11.5 Å². The number of alkyl halides is 1. The maximum Gasteiger partial charge on any atom is 0.409 e. The van der Waals surface area contributed by atoms with Crippen LogP contribution in [-0.2, 0) is 4.74 Å². The lowest BCUT2D eigenvalue weighted by Crippen LogP contribution is -2.42. The van der Waals surface area contributed by atoms with E-state index in [1.54, 1.807) is 17.0 Å². The van der Waals surface area contributed by atoms with Gasteiger partial charge in [0, 0.05) is 37.4 Å². The summed E-state index contributed by atoms with van der Waals surface area (Å²) < 4.78 is 44.7. The molecular formula is C23H22Cl2F2N4O4. The number of rotatable bonds is 7.